The molecule has 8 nitrogen and oxygen atoms in total. The third-order valence-electron chi connectivity index (χ3n) is 6.91. The zero-order valence-corrected chi connectivity index (χ0v) is 15.5. The molecular weight excluding hydrogens is 354 g/mol. The number of hydrogen-bond acceptors (Lipinski definition) is 6. The van der Waals surface area contributed by atoms with Gasteiger partial charge < -0.3 is 15.0 Å². The fourth-order valence-corrected chi connectivity index (χ4v) is 7.30. The van der Waals surface area contributed by atoms with Crippen LogP contribution in [-0.4, -0.2) is 55.1 Å². The maximum atomic E-state index is 13.5. The van der Waals surface area contributed by atoms with E-state index < -0.39 is 4.92 Å². The summed E-state index contributed by atoms with van der Waals surface area (Å²) < 4.78 is 1.73. The quantitative estimate of drug-likeness (QED) is 0.591. The number of aromatic nitrogens is 3. The summed E-state index contributed by atoms with van der Waals surface area (Å²) in [6.07, 6.45) is 7.35. The molecular formula is C17H23N5O3S. The molecule has 4 saturated carbocycles. The molecule has 1 aliphatic heterocycles. The van der Waals surface area contributed by atoms with Gasteiger partial charge in [0.25, 0.3) is 0 Å². The monoisotopic (exact) mass is 377 g/mol. The molecule has 1 saturated heterocycles. The molecule has 1 aromatic heterocycles. The van der Waals surface area contributed by atoms with E-state index in [1.54, 1.807) is 4.68 Å². The summed E-state index contributed by atoms with van der Waals surface area (Å²) >= 11 is 1.91. The van der Waals surface area contributed by atoms with Gasteiger partial charge in [0.1, 0.15) is 0 Å². The van der Waals surface area contributed by atoms with E-state index in [0.29, 0.717) is 17.7 Å². The van der Waals surface area contributed by atoms with E-state index in [1.807, 2.05) is 11.8 Å². The lowest BCUT2D eigenvalue weighted by molar-refractivity contribution is -0.394. The molecule has 5 aliphatic rings. The van der Waals surface area contributed by atoms with E-state index in [9.17, 15) is 14.9 Å². The second kappa shape index (κ2) is 5.68. The average molecular weight is 377 g/mol. The van der Waals surface area contributed by atoms with Crippen molar-refractivity contribution in [1.29, 1.82) is 0 Å². The highest BCUT2D eigenvalue weighted by molar-refractivity contribution is 7.99. The first kappa shape index (κ1) is 16.5. The normalized spacial score (nSPS) is 38.5. The molecule has 140 valence electrons. The van der Waals surface area contributed by atoms with Gasteiger partial charge in [-0.1, -0.05) is 4.98 Å². The summed E-state index contributed by atoms with van der Waals surface area (Å²) in [4.78, 5) is 29.9. The van der Waals surface area contributed by atoms with Gasteiger partial charge >= 0.3 is 5.95 Å². The summed E-state index contributed by atoms with van der Waals surface area (Å²) in [6.45, 7) is 1.70. The Labute approximate surface area is 155 Å². The van der Waals surface area contributed by atoms with Crippen LogP contribution >= 0.6 is 11.8 Å². The second-order valence-corrected chi connectivity index (χ2v) is 9.84. The molecule has 1 amide bonds. The fraction of sp³-hybridized carbons (Fsp3) is 0.824. The maximum Gasteiger partial charge on any atom is 0.490 e. The predicted molar refractivity (Wildman–Crippen MR) is 95.7 cm³/mol. The van der Waals surface area contributed by atoms with E-state index in [-0.39, 0.29) is 16.9 Å². The first-order valence-electron chi connectivity index (χ1n) is 9.43. The van der Waals surface area contributed by atoms with E-state index in [1.165, 1.54) is 12.7 Å². The molecule has 0 aromatic carbocycles. The molecule has 1 aromatic rings. The van der Waals surface area contributed by atoms with Crippen LogP contribution in [0.15, 0.2) is 6.33 Å². The number of rotatable bonds is 3. The maximum absolute atomic E-state index is 13.5. The molecule has 4 bridgehead atoms. The summed E-state index contributed by atoms with van der Waals surface area (Å²) in [5.41, 5.74) is -0.571. The molecule has 0 spiro atoms. The predicted octanol–water partition coefficient (Wildman–Crippen LogP) is 2.06. The zero-order valence-electron chi connectivity index (χ0n) is 14.7. The first-order valence-corrected chi connectivity index (χ1v) is 10.6. The van der Waals surface area contributed by atoms with Crippen LogP contribution in [0, 0.1) is 27.4 Å². The van der Waals surface area contributed by atoms with Crippen LogP contribution in [0.1, 0.15) is 38.5 Å². The van der Waals surface area contributed by atoms with Crippen LogP contribution in [0.5, 0.6) is 0 Å². The number of nitrogens with zero attached hydrogens (tertiary/aromatic N) is 5. The molecule has 0 radical (unpaired) electrons. The molecule has 0 unspecified atom stereocenters. The minimum atomic E-state index is -0.538. The minimum absolute atomic E-state index is 0.272. The second-order valence-electron chi connectivity index (χ2n) is 8.62. The van der Waals surface area contributed by atoms with Crippen molar-refractivity contribution < 1.29 is 9.72 Å². The van der Waals surface area contributed by atoms with Gasteiger partial charge in [-0.15, -0.1) is 0 Å². The molecule has 2 atom stereocenters. The third-order valence-corrected chi connectivity index (χ3v) is 7.85. The van der Waals surface area contributed by atoms with Crippen molar-refractivity contribution in [2.24, 2.45) is 17.3 Å². The van der Waals surface area contributed by atoms with Crippen LogP contribution in [0.3, 0.4) is 0 Å². The van der Waals surface area contributed by atoms with Gasteiger partial charge in [-0.25, -0.2) is 0 Å². The summed E-state index contributed by atoms with van der Waals surface area (Å²) in [5.74, 6) is 3.06. The molecule has 9 heteroatoms. The lowest BCUT2D eigenvalue weighted by Gasteiger charge is -2.60. The first-order chi connectivity index (χ1) is 12.5. The van der Waals surface area contributed by atoms with Crippen molar-refractivity contribution in [3.05, 3.63) is 16.4 Å². The van der Waals surface area contributed by atoms with E-state index >= 15 is 0 Å². The Hall–Kier alpha value is -1.64. The Kier molecular flexibility index (Phi) is 3.61. The lowest BCUT2D eigenvalue weighted by Crippen LogP contribution is -2.62. The van der Waals surface area contributed by atoms with Gasteiger partial charge in [-0.3, -0.25) is 4.79 Å². The number of nitro groups is 1. The molecule has 5 fully saturated rings. The van der Waals surface area contributed by atoms with E-state index in [4.69, 9.17) is 0 Å². The van der Waals surface area contributed by atoms with Crippen molar-refractivity contribution in [3.63, 3.8) is 0 Å². The Morgan fingerprint density at radius 2 is 1.92 bits per heavy atom. The van der Waals surface area contributed by atoms with Crippen LogP contribution < -0.4 is 0 Å². The Bertz CT molecular complexity index is 745. The minimum Gasteiger partial charge on any atom is -0.390 e. The standard InChI is InChI=1S/C17H23N5O3S/c23-14(20-1-3-26-4-2-20)16-6-12-5-13(7-16)9-17(8-12,10-16)21-11-18-15(19-21)22(24)25/h11-13H,1-10H2/t12-,13-,16?,17?/m1/s1. The van der Waals surface area contributed by atoms with Gasteiger partial charge in [-0.2, -0.15) is 16.4 Å². The van der Waals surface area contributed by atoms with Gasteiger partial charge in [0, 0.05) is 29.7 Å². The van der Waals surface area contributed by atoms with Crippen LogP contribution in [-0.2, 0) is 10.3 Å². The highest BCUT2D eigenvalue weighted by Crippen LogP contribution is 2.64. The molecule has 4 aliphatic carbocycles. The molecule has 2 heterocycles. The van der Waals surface area contributed by atoms with E-state index in [0.717, 1.165) is 56.7 Å². The number of carbonyl (C=O) groups is 1. The molecule has 0 N–H and O–H groups in total. The van der Waals surface area contributed by atoms with Crippen LogP contribution in [0.4, 0.5) is 5.95 Å². The zero-order chi connectivity index (χ0) is 17.9. The third kappa shape index (κ3) is 2.39. The smallest absolute Gasteiger partial charge is 0.390 e. The summed E-state index contributed by atoms with van der Waals surface area (Å²) in [5, 5.41) is 15.2. The number of amides is 1. The van der Waals surface area contributed by atoms with Gasteiger partial charge in [0.2, 0.25) is 12.2 Å². The number of thioether (sulfide) groups is 1. The van der Waals surface area contributed by atoms with Gasteiger partial charge in [0.15, 0.2) is 0 Å². The highest BCUT2D eigenvalue weighted by atomic mass is 32.2. The Morgan fingerprint density at radius 1 is 1.23 bits per heavy atom. The average Bonchev–Trinajstić information content (AvgIpc) is 3.12. The van der Waals surface area contributed by atoms with Crippen LogP contribution in [0.25, 0.3) is 0 Å². The summed E-state index contributed by atoms with van der Waals surface area (Å²) in [7, 11) is 0. The van der Waals surface area contributed by atoms with Gasteiger partial charge in [0.05, 0.1) is 11.0 Å². The number of carbonyl (C=O) groups excluding carboxylic acids is 1. The Morgan fingerprint density at radius 3 is 2.54 bits per heavy atom. The van der Waals surface area contributed by atoms with Crippen molar-refractivity contribution in [1.82, 2.24) is 19.7 Å². The SMILES string of the molecule is O=C(N1CCSCC1)C12C[C@H]3C[C@H](C1)CC(n1cnc([N+](=O)[O-])n1)(C3)C2. The lowest BCUT2D eigenvalue weighted by atomic mass is 9.46. The fourth-order valence-electron chi connectivity index (χ4n) is 6.40. The van der Waals surface area contributed by atoms with Crippen molar-refractivity contribution in [2.75, 3.05) is 24.6 Å². The van der Waals surface area contributed by atoms with Crippen LogP contribution in [0.2, 0.25) is 0 Å². The summed E-state index contributed by atoms with van der Waals surface area (Å²) in [6, 6.07) is 0. The van der Waals surface area contributed by atoms with Crippen molar-refractivity contribution in [2.45, 2.75) is 44.1 Å². The number of hydrogen-bond donors (Lipinski definition) is 0. The van der Waals surface area contributed by atoms with Crippen molar-refractivity contribution >= 4 is 23.6 Å². The molecule has 26 heavy (non-hydrogen) atoms. The molecule has 6 rings (SSSR count). The largest absolute Gasteiger partial charge is 0.490 e. The van der Waals surface area contributed by atoms with Crippen molar-refractivity contribution in [3.8, 4) is 0 Å². The highest BCUT2D eigenvalue weighted by Gasteiger charge is 2.63. The van der Waals surface area contributed by atoms with Gasteiger partial charge in [-0.05, 0) is 55.3 Å². The Balaban J connectivity index is 1.49. The van der Waals surface area contributed by atoms with E-state index in [2.05, 4.69) is 15.0 Å². The topological polar surface area (TPSA) is 94.2 Å².